The third-order valence-electron chi connectivity index (χ3n) is 7.00. The van der Waals surface area contributed by atoms with E-state index in [1.807, 2.05) is 19.9 Å². The van der Waals surface area contributed by atoms with E-state index in [9.17, 15) is 19.8 Å². The van der Waals surface area contributed by atoms with Crippen molar-refractivity contribution in [1.29, 1.82) is 0 Å². The highest BCUT2D eigenvalue weighted by Gasteiger charge is 2.48. The molecule has 1 amide bonds. The minimum Gasteiger partial charge on any atom is -0.507 e. The lowest BCUT2D eigenvalue weighted by Crippen LogP contribution is -2.29. The maximum absolute atomic E-state index is 13.6. The number of aromatic nitrogens is 1. The number of hydrogen-bond donors (Lipinski definition) is 2. The summed E-state index contributed by atoms with van der Waals surface area (Å²) in [5.74, 6) is -0.501. The molecule has 6 rings (SSSR count). The van der Waals surface area contributed by atoms with E-state index < -0.39 is 17.7 Å². The first-order chi connectivity index (χ1) is 19.3. The van der Waals surface area contributed by atoms with Crippen molar-refractivity contribution < 1.29 is 34.0 Å². The molecule has 2 aliphatic rings. The summed E-state index contributed by atoms with van der Waals surface area (Å²) in [6, 6.07) is 14.2. The van der Waals surface area contributed by atoms with Gasteiger partial charge in [0, 0.05) is 12.0 Å². The van der Waals surface area contributed by atoms with E-state index in [-0.39, 0.29) is 34.1 Å². The number of phenols is 1. The average Bonchev–Trinajstić information content (AvgIpc) is 3.60. The summed E-state index contributed by atoms with van der Waals surface area (Å²) < 4.78 is 17.5. The van der Waals surface area contributed by atoms with Gasteiger partial charge in [-0.1, -0.05) is 17.4 Å². The Balaban J connectivity index is 1.53. The highest BCUT2D eigenvalue weighted by molar-refractivity contribution is 7.22. The number of rotatable bonds is 6. The topological polar surface area (TPSA) is 118 Å². The van der Waals surface area contributed by atoms with Gasteiger partial charge in [-0.2, -0.15) is 0 Å². The van der Waals surface area contributed by atoms with Gasteiger partial charge in [0.1, 0.15) is 23.4 Å². The van der Waals surface area contributed by atoms with Gasteiger partial charge in [-0.25, -0.2) is 4.98 Å². The van der Waals surface area contributed by atoms with E-state index in [2.05, 4.69) is 4.98 Å². The minimum absolute atomic E-state index is 0.00437. The van der Waals surface area contributed by atoms with Crippen molar-refractivity contribution in [3.05, 3.63) is 76.9 Å². The van der Waals surface area contributed by atoms with Crippen molar-refractivity contribution in [3.63, 3.8) is 0 Å². The molecule has 9 nitrogen and oxygen atoms in total. The van der Waals surface area contributed by atoms with Crippen LogP contribution in [-0.4, -0.2) is 46.7 Å². The Morgan fingerprint density at radius 1 is 1.15 bits per heavy atom. The number of amides is 1. The van der Waals surface area contributed by atoms with Crippen molar-refractivity contribution >= 4 is 44.1 Å². The van der Waals surface area contributed by atoms with E-state index in [1.165, 1.54) is 29.4 Å². The zero-order valence-corrected chi connectivity index (χ0v) is 22.8. The van der Waals surface area contributed by atoms with Gasteiger partial charge in [-0.3, -0.25) is 14.5 Å². The number of fused-ring (bicyclic) bond motifs is 2. The highest BCUT2D eigenvalue weighted by Crippen LogP contribution is 2.46. The number of thiazole rings is 1. The number of nitrogens with zero attached hydrogens (tertiary/aromatic N) is 2. The number of aliphatic hydroxyl groups is 1. The molecule has 3 heterocycles. The number of hydrogen-bond acceptors (Lipinski definition) is 9. The molecule has 40 heavy (non-hydrogen) atoms. The number of anilines is 1. The predicted molar refractivity (Wildman–Crippen MR) is 150 cm³/mol. The van der Waals surface area contributed by atoms with Gasteiger partial charge in [-0.05, 0) is 73.5 Å². The number of aliphatic hydroxyl groups excluding tert-OH is 1. The number of carbonyl (C=O) groups excluding carboxylic acids is 2. The SMILES string of the molecule is CCOc1ccc2nc(N3C(=O)C(=O)C(=C(O)c4ccc5c(c4)C[C@@H](C)O5)[C@@H]3c3ccc(O)c(OC)c3)sc2c1. The second kappa shape index (κ2) is 9.87. The van der Waals surface area contributed by atoms with Crippen LogP contribution in [0.3, 0.4) is 0 Å². The molecule has 2 atom stereocenters. The Morgan fingerprint density at radius 2 is 1.98 bits per heavy atom. The lowest BCUT2D eigenvalue weighted by molar-refractivity contribution is -0.132. The fourth-order valence-corrected chi connectivity index (χ4v) is 6.21. The van der Waals surface area contributed by atoms with E-state index in [0.29, 0.717) is 35.4 Å². The van der Waals surface area contributed by atoms with Crippen molar-refractivity contribution in [2.45, 2.75) is 32.4 Å². The summed E-state index contributed by atoms with van der Waals surface area (Å²) in [6.45, 7) is 4.35. The molecule has 0 unspecified atom stereocenters. The normalized spacial score (nSPS) is 19.6. The van der Waals surface area contributed by atoms with Crippen LogP contribution in [0.2, 0.25) is 0 Å². The van der Waals surface area contributed by atoms with Crippen molar-refractivity contribution in [3.8, 4) is 23.0 Å². The van der Waals surface area contributed by atoms with Gasteiger partial charge in [0.25, 0.3) is 5.78 Å². The maximum atomic E-state index is 13.6. The lowest BCUT2D eigenvalue weighted by Gasteiger charge is -2.23. The summed E-state index contributed by atoms with van der Waals surface area (Å²) in [4.78, 5) is 33.1. The van der Waals surface area contributed by atoms with Crippen LogP contribution in [0.25, 0.3) is 16.0 Å². The van der Waals surface area contributed by atoms with Crippen molar-refractivity contribution in [2.24, 2.45) is 0 Å². The van der Waals surface area contributed by atoms with E-state index in [4.69, 9.17) is 14.2 Å². The van der Waals surface area contributed by atoms with Gasteiger partial charge in [0.05, 0.1) is 35.5 Å². The van der Waals surface area contributed by atoms with E-state index in [0.717, 1.165) is 16.0 Å². The molecule has 1 aromatic heterocycles. The van der Waals surface area contributed by atoms with Gasteiger partial charge < -0.3 is 24.4 Å². The molecular formula is C30H26N2O7S. The van der Waals surface area contributed by atoms with Gasteiger partial charge in [-0.15, -0.1) is 0 Å². The predicted octanol–water partition coefficient (Wildman–Crippen LogP) is 5.36. The highest BCUT2D eigenvalue weighted by atomic mass is 32.1. The molecule has 2 N–H and O–H groups in total. The number of carbonyl (C=O) groups is 2. The van der Waals surface area contributed by atoms with E-state index in [1.54, 1.807) is 42.5 Å². The fourth-order valence-electron chi connectivity index (χ4n) is 5.19. The fraction of sp³-hybridized carbons (Fsp3) is 0.233. The van der Waals surface area contributed by atoms with Crippen LogP contribution in [0.4, 0.5) is 5.13 Å². The monoisotopic (exact) mass is 558 g/mol. The number of ketones is 1. The molecule has 10 heteroatoms. The molecule has 0 aliphatic carbocycles. The zero-order chi connectivity index (χ0) is 28.1. The van der Waals surface area contributed by atoms with Crippen LogP contribution in [0.5, 0.6) is 23.0 Å². The third kappa shape index (κ3) is 4.21. The summed E-state index contributed by atoms with van der Waals surface area (Å²) in [6.07, 6.45) is 0.670. The molecule has 0 saturated carbocycles. The van der Waals surface area contributed by atoms with Crippen LogP contribution >= 0.6 is 11.3 Å². The second-order valence-corrected chi connectivity index (χ2v) is 10.6. The van der Waals surface area contributed by atoms with Gasteiger partial charge >= 0.3 is 5.91 Å². The molecule has 204 valence electrons. The number of Topliss-reactive ketones (excluding diaryl/α,β-unsaturated/α-hetero) is 1. The first kappa shape index (κ1) is 25.7. The molecule has 1 saturated heterocycles. The Morgan fingerprint density at radius 3 is 2.75 bits per heavy atom. The molecule has 3 aromatic carbocycles. The molecule has 2 aliphatic heterocycles. The Hall–Kier alpha value is -4.57. The molecule has 4 aromatic rings. The Bertz CT molecular complexity index is 1710. The summed E-state index contributed by atoms with van der Waals surface area (Å²) in [5.41, 5.74) is 2.32. The Kier molecular flexibility index (Phi) is 6.34. The summed E-state index contributed by atoms with van der Waals surface area (Å²) in [7, 11) is 1.41. The van der Waals surface area contributed by atoms with Crippen molar-refractivity contribution in [1.82, 2.24) is 4.98 Å². The minimum atomic E-state index is -1.02. The zero-order valence-electron chi connectivity index (χ0n) is 22.0. The number of benzene rings is 3. The van der Waals surface area contributed by atoms with Gasteiger partial charge in [0.15, 0.2) is 16.6 Å². The number of aromatic hydroxyl groups is 1. The Labute approximate surface area is 233 Å². The van der Waals surface area contributed by atoms with Crippen molar-refractivity contribution in [2.75, 3.05) is 18.6 Å². The molecule has 0 bridgehead atoms. The number of ether oxygens (including phenoxy) is 3. The summed E-state index contributed by atoms with van der Waals surface area (Å²) >= 11 is 1.24. The van der Waals surface area contributed by atoms with E-state index >= 15 is 0 Å². The first-order valence-corrected chi connectivity index (χ1v) is 13.6. The molecule has 0 radical (unpaired) electrons. The van der Waals surface area contributed by atoms with Crippen LogP contribution in [0.1, 0.15) is 36.6 Å². The second-order valence-electron chi connectivity index (χ2n) is 9.61. The van der Waals surface area contributed by atoms with Crippen LogP contribution < -0.4 is 19.1 Å². The quantitative estimate of drug-likeness (QED) is 0.185. The largest absolute Gasteiger partial charge is 0.507 e. The maximum Gasteiger partial charge on any atom is 0.301 e. The van der Waals surface area contributed by atoms with Crippen LogP contribution in [-0.2, 0) is 16.0 Å². The standard InChI is InChI=1S/C30H26N2O7S/c1-4-38-19-7-8-20-24(14-19)40-30(31-20)32-26(16-5-9-21(33)23(13-16)37-3)25(28(35)29(32)36)27(34)17-6-10-22-18(12-17)11-15(2)39-22/h5-10,12-15,26,33-34H,4,11H2,1-3H3/t15-,26+/m1/s1. The first-order valence-electron chi connectivity index (χ1n) is 12.8. The third-order valence-corrected chi connectivity index (χ3v) is 8.02. The lowest BCUT2D eigenvalue weighted by atomic mass is 9.94. The van der Waals surface area contributed by atoms with Crippen LogP contribution in [0.15, 0.2) is 60.2 Å². The number of phenolic OH excluding ortho intramolecular Hbond substituents is 1. The van der Waals surface area contributed by atoms with Crippen LogP contribution in [0, 0.1) is 0 Å². The smallest absolute Gasteiger partial charge is 0.301 e. The molecular weight excluding hydrogens is 532 g/mol. The molecule has 1 fully saturated rings. The average molecular weight is 559 g/mol. The van der Waals surface area contributed by atoms with Gasteiger partial charge in [0.2, 0.25) is 0 Å². The molecule has 0 spiro atoms. The number of methoxy groups -OCH3 is 1. The summed E-state index contributed by atoms with van der Waals surface area (Å²) in [5, 5.41) is 22.1.